The van der Waals surface area contributed by atoms with Crippen LogP contribution in [0.4, 0.5) is 13.9 Å². The third-order valence-electron chi connectivity index (χ3n) is 3.37. The fraction of sp³-hybridized carbons (Fsp3) is 0.0588. The van der Waals surface area contributed by atoms with Gasteiger partial charge in [0.15, 0.2) is 16.8 Å². The molecule has 25 heavy (non-hydrogen) atoms. The summed E-state index contributed by atoms with van der Waals surface area (Å²) >= 11 is 7.25. The Labute approximate surface area is 151 Å². The number of hydrogen-bond acceptors (Lipinski definition) is 4. The summed E-state index contributed by atoms with van der Waals surface area (Å²) in [4.78, 5) is 16.3. The summed E-state index contributed by atoms with van der Waals surface area (Å²) in [5.41, 5.74) is 0.938. The van der Waals surface area contributed by atoms with E-state index in [9.17, 15) is 13.6 Å². The molecule has 0 atom stereocenters. The molecule has 0 bridgehead atoms. The molecule has 0 radical (unpaired) electrons. The van der Waals surface area contributed by atoms with Crippen LogP contribution in [0.15, 0.2) is 41.8 Å². The molecular formula is C17H11ClF2N2O2S. The third kappa shape index (κ3) is 3.62. The molecule has 0 saturated heterocycles. The smallest absolute Gasteiger partial charge is 0.260 e. The Morgan fingerprint density at radius 2 is 2.08 bits per heavy atom. The van der Waals surface area contributed by atoms with Crippen LogP contribution < -0.4 is 10.1 Å². The van der Waals surface area contributed by atoms with Crippen LogP contribution in [-0.2, 0) is 0 Å². The first kappa shape index (κ1) is 17.3. The van der Waals surface area contributed by atoms with Gasteiger partial charge < -0.3 is 4.74 Å². The molecule has 0 saturated carbocycles. The second kappa shape index (κ2) is 7.16. The lowest BCUT2D eigenvalue weighted by Crippen LogP contribution is -2.14. The molecule has 2 aromatic carbocycles. The number of carbonyl (C=O) groups is 1. The fourth-order valence-corrected chi connectivity index (χ4v) is 3.11. The van der Waals surface area contributed by atoms with Gasteiger partial charge in [0.2, 0.25) is 0 Å². The average Bonchev–Trinajstić information content (AvgIpc) is 3.05. The van der Waals surface area contributed by atoms with Gasteiger partial charge in [-0.25, -0.2) is 13.8 Å². The van der Waals surface area contributed by atoms with Crippen LogP contribution >= 0.6 is 22.9 Å². The standard InChI is InChI=1S/C17H11ClF2N2O2S/c1-24-14-6-5-9(7-11(14)18)13-8-25-17(21-13)22-16(23)10-3-2-4-12(19)15(10)20/h2-8H,1H3,(H,21,22,23). The number of thiazole rings is 1. The molecule has 4 nitrogen and oxygen atoms in total. The summed E-state index contributed by atoms with van der Waals surface area (Å²) in [7, 11) is 1.52. The Hall–Kier alpha value is -2.51. The molecule has 1 heterocycles. The summed E-state index contributed by atoms with van der Waals surface area (Å²) in [5, 5.41) is 4.87. The molecular weight excluding hydrogens is 370 g/mol. The van der Waals surface area contributed by atoms with Gasteiger partial charge in [-0.2, -0.15) is 0 Å². The van der Waals surface area contributed by atoms with Gasteiger partial charge in [-0.3, -0.25) is 10.1 Å². The lowest BCUT2D eigenvalue weighted by atomic mass is 10.2. The number of carbonyl (C=O) groups excluding carboxylic acids is 1. The highest BCUT2D eigenvalue weighted by Crippen LogP contribution is 2.31. The van der Waals surface area contributed by atoms with Gasteiger partial charge in [0.05, 0.1) is 23.4 Å². The number of anilines is 1. The zero-order valence-electron chi connectivity index (χ0n) is 12.8. The predicted octanol–water partition coefficient (Wildman–Crippen LogP) is 5.00. The second-order valence-electron chi connectivity index (χ2n) is 4.94. The highest BCUT2D eigenvalue weighted by atomic mass is 35.5. The first-order valence-corrected chi connectivity index (χ1v) is 8.30. The molecule has 1 aromatic heterocycles. The minimum absolute atomic E-state index is 0.260. The van der Waals surface area contributed by atoms with Crippen LogP contribution in [0.5, 0.6) is 5.75 Å². The highest BCUT2D eigenvalue weighted by Gasteiger charge is 2.17. The maximum Gasteiger partial charge on any atom is 0.260 e. The Morgan fingerprint density at radius 1 is 1.28 bits per heavy atom. The maximum absolute atomic E-state index is 13.7. The molecule has 0 aliphatic carbocycles. The van der Waals surface area contributed by atoms with E-state index < -0.39 is 17.5 Å². The van der Waals surface area contributed by atoms with E-state index in [-0.39, 0.29) is 10.7 Å². The van der Waals surface area contributed by atoms with E-state index in [2.05, 4.69) is 10.3 Å². The number of ether oxygens (including phenoxy) is 1. The topological polar surface area (TPSA) is 51.2 Å². The van der Waals surface area contributed by atoms with Crippen molar-refractivity contribution < 1.29 is 18.3 Å². The SMILES string of the molecule is COc1ccc(-c2csc(NC(=O)c3cccc(F)c3F)n2)cc1Cl. The summed E-state index contributed by atoms with van der Waals surface area (Å²) in [5.74, 6) is -2.51. The van der Waals surface area contributed by atoms with Crippen LogP contribution in [0.1, 0.15) is 10.4 Å². The first-order chi connectivity index (χ1) is 12.0. The lowest BCUT2D eigenvalue weighted by Gasteiger charge is -2.04. The van der Waals surface area contributed by atoms with Gasteiger partial charge >= 0.3 is 0 Å². The van der Waals surface area contributed by atoms with Crippen molar-refractivity contribution in [2.24, 2.45) is 0 Å². The van der Waals surface area contributed by atoms with Crippen LogP contribution in [0.2, 0.25) is 5.02 Å². The van der Waals surface area contributed by atoms with Crippen LogP contribution in [-0.4, -0.2) is 18.0 Å². The maximum atomic E-state index is 13.7. The van der Waals surface area contributed by atoms with Gasteiger partial charge in [-0.1, -0.05) is 17.7 Å². The Balaban J connectivity index is 1.81. The summed E-state index contributed by atoms with van der Waals surface area (Å²) in [6, 6.07) is 8.58. The number of nitrogens with one attached hydrogen (secondary N) is 1. The Bertz CT molecular complexity index is 946. The number of nitrogens with zero attached hydrogens (tertiary/aromatic N) is 1. The fourth-order valence-electron chi connectivity index (χ4n) is 2.13. The molecule has 0 aliphatic rings. The molecule has 0 spiro atoms. The van der Waals surface area contributed by atoms with Gasteiger partial charge in [0, 0.05) is 10.9 Å². The van der Waals surface area contributed by atoms with Crippen molar-refractivity contribution in [1.82, 2.24) is 4.98 Å². The van der Waals surface area contributed by atoms with Crippen molar-refractivity contribution >= 4 is 34.0 Å². The quantitative estimate of drug-likeness (QED) is 0.692. The number of benzene rings is 2. The molecule has 0 unspecified atom stereocenters. The van der Waals surface area contributed by atoms with Crippen LogP contribution in [0.3, 0.4) is 0 Å². The predicted molar refractivity (Wildman–Crippen MR) is 93.4 cm³/mol. The van der Waals surface area contributed by atoms with E-state index in [4.69, 9.17) is 16.3 Å². The minimum Gasteiger partial charge on any atom is -0.495 e. The van der Waals surface area contributed by atoms with Gasteiger partial charge in [0.1, 0.15) is 5.75 Å². The third-order valence-corrected chi connectivity index (χ3v) is 4.42. The van der Waals surface area contributed by atoms with E-state index in [0.29, 0.717) is 16.5 Å². The number of halogens is 3. The summed E-state index contributed by atoms with van der Waals surface area (Å²) < 4.78 is 32.0. The molecule has 8 heteroatoms. The molecule has 1 amide bonds. The highest BCUT2D eigenvalue weighted by molar-refractivity contribution is 7.14. The lowest BCUT2D eigenvalue weighted by molar-refractivity contribution is 0.102. The van der Waals surface area contributed by atoms with Crippen LogP contribution in [0, 0.1) is 11.6 Å². The summed E-state index contributed by atoms with van der Waals surface area (Å²) in [6.07, 6.45) is 0. The molecule has 128 valence electrons. The van der Waals surface area contributed by atoms with E-state index in [1.807, 2.05) is 0 Å². The van der Waals surface area contributed by atoms with E-state index >= 15 is 0 Å². The largest absolute Gasteiger partial charge is 0.495 e. The Morgan fingerprint density at radius 3 is 2.80 bits per heavy atom. The average molecular weight is 381 g/mol. The minimum atomic E-state index is -1.20. The zero-order valence-corrected chi connectivity index (χ0v) is 14.4. The number of amides is 1. The molecule has 3 rings (SSSR count). The monoisotopic (exact) mass is 380 g/mol. The van der Waals surface area contributed by atoms with E-state index in [0.717, 1.165) is 23.0 Å². The number of hydrogen-bond donors (Lipinski definition) is 1. The number of rotatable bonds is 4. The van der Waals surface area contributed by atoms with Crippen molar-refractivity contribution in [2.75, 3.05) is 12.4 Å². The first-order valence-electron chi connectivity index (χ1n) is 7.04. The van der Waals surface area contributed by atoms with Crippen molar-refractivity contribution in [1.29, 1.82) is 0 Å². The van der Waals surface area contributed by atoms with Crippen molar-refractivity contribution in [3.05, 3.63) is 64.0 Å². The normalized spacial score (nSPS) is 10.6. The van der Waals surface area contributed by atoms with Gasteiger partial charge in [-0.15, -0.1) is 11.3 Å². The molecule has 0 aliphatic heterocycles. The van der Waals surface area contributed by atoms with E-state index in [1.54, 1.807) is 23.6 Å². The van der Waals surface area contributed by atoms with E-state index in [1.165, 1.54) is 19.2 Å². The molecule has 1 N–H and O–H groups in total. The number of aromatic nitrogens is 1. The summed E-state index contributed by atoms with van der Waals surface area (Å²) in [6.45, 7) is 0. The van der Waals surface area contributed by atoms with Crippen molar-refractivity contribution in [3.8, 4) is 17.0 Å². The van der Waals surface area contributed by atoms with Crippen molar-refractivity contribution in [3.63, 3.8) is 0 Å². The van der Waals surface area contributed by atoms with Gasteiger partial charge in [0.25, 0.3) is 5.91 Å². The van der Waals surface area contributed by atoms with Crippen molar-refractivity contribution in [2.45, 2.75) is 0 Å². The van der Waals surface area contributed by atoms with Gasteiger partial charge in [-0.05, 0) is 30.3 Å². The molecule has 0 fully saturated rings. The Kier molecular flexibility index (Phi) is 4.96. The second-order valence-corrected chi connectivity index (χ2v) is 6.21. The zero-order chi connectivity index (χ0) is 18.0. The molecule has 3 aromatic rings. The number of methoxy groups -OCH3 is 1. The van der Waals surface area contributed by atoms with Crippen LogP contribution in [0.25, 0.3) is 11.3 Å².